The van der Waals surface area contributed by atoms with Crippen LogP contribution in [0.25, 0.3) is 0 Å². The molecule has 0 aliphatic rings. The molecule has 5 heteroatoms. The molecule has 0 unspecified atom stereocenters. The highest BCUT2D eigenvalue weighted by atomic mass is 32.1. The molecule has 0 aliphatic heterocycles. The first kappa shape index (κ1) is 11.9. The molecule has 0 bridgehead atoms. The first-order valence-corrected chi connectivity index (χ1v) is 6.29. The van der Waals surface area contributed by atoms with Crippen molar-refractivity contribution in [3.63, 3.8) is 0 Å². The van der Waals surface area contributed by atoms with Gasteiger partial charge in [-0.15, -0.1) is 11.3 Å². The molecule has 0 amide bonds. The van der Waals surface area contributed by atoms with Gasteiger partial charge in [0.1, 0.15) is 0 Å². The topological polar surface area (TPSA) is 61.0 Å². The molecule has 2 aromatic rings. The van der Waals surface area contributed by atoms with Crippen LogP contribution in [-0.2, 0) is 6.42 Å². The van der Waals surface area contributed by atoms with E-state index in [0.717, 1.165) is 17.8 Å². The number of ether oxygens (including phenoxy) is 1. The number of aromatic nitrogens is 2. The van der Waals surface area contributed by atoms with Crippen molar-refractivity contribution in [2.45, 2.75) is 20.3 Å². The van der Waals surface area contributed by atoms with Gasteiger partial charge in [-0.25, -0.2) is 9.97 Å². The van der Waals surface area contributed by atoms with Crippen LogP contribution in [-0.4, -0.2) is 16.6 Å². The number of hydrogen-bond donors (Lipinski definition) is 1. The maximum atomic E-state index is 5.78. The number of hydrogen-bond acceptors (Lipinski definition) is 5. The summed E-state index contributed by atoms with van der Waals surface area (Å²) in [5.41, 5.74) is 10.2. The van der Waals surface area contributed by atoms with Gasteiger partial charge in [0, 0.05) is 17.0 Å². The molecule has 17 heavy (non-hydrogen) atoms. The maximum absolute atomic E-state index is 5.78. The number of nitrogens with zero attached hydrogens (tertiary/aromatic N) is 2. The minimum absolute atomic E-state index is 0.521. The van der Waals surface area contributed by atoms with Crippen molar-refractivity contribution in [3.8, 4) is 5.88 Å². The largest absolute Gasteiger partial charge is 0.476 e. The smallest absolute Gasteiger partial charge is 0.237 e. The molecule has 90 valence electrons. The fourth-order valence-corrected chi connectivity index (χ4v) is 2.23. The van der Waals surface area contributed by atoms with Crippen LogP contribution in [0.1, 0.15) is 16.3 Å². The first-order valence-electron chi connectivity index (χ1n) is 5.41. The molecule has 0 saturated heterocycles. The van der Waals surface area contributed by atoms with Gasteiger partial charge in [-0.1, -0.05) is 0 Å². The standard InChI is InChI=1S/C12H15N3OS/c1-8-3-4-10(13)12(15-8)16-6-5-11-9(2)14-7-17-11/h3-4,7H,5-6,13H2,1-2H3. The second-order valence-corrected chi connectivity index (χ2v) is 4.75. The summed E-state index contributed by atoms with van der Waals surface area (Å²) >= 11 is 1.65. The molecule has 2 N–H and O–H groups in total. The van der Waals surface area contributed by atoms with Crippen molar-refractivity contribution in [1.82, 2.24) is 9.97 Å². The van der Waals surface area contributed by atoms with Gasteiger partial charge in [0.05, 0.1) is 23.5 Å². The Morgan fingerprint density at radius 1 is 1.35 bits per heavy atom. The Morgan fingerprint density at radius 3 is 2.88 bits per heavy atom. The second-order valence-electron chi connectivity index (χ2n) is 3.81. The highest BCUT2D eigenvalue weighted by Gasteiger charge is 2.05. The lowest BCUT2D eigenvalue weighted by Gasteiger charge is -2.07. The van der Waals surface area contributed by atoms with E-state index in [0.29, 0.717) is 18.2 Å². The zero-order valence-corrected chi connectivity index (χ0v) is 10.8. The van der Waals surface area contributed by atoms with Crippen LogP contribution >= 0.6 is 11.3 Å². The van der Waals surface area contributed by atoms with Crippen LogP contribution < -0.4 is 10.5 Å². The summed E-state index contributed by atoms with van der Waals surface area (Å²) in [6.45, 7) is 4.49. The highest BCUT2D eigenvalue weighted by Crippen LogP contribution is 2.19. The quantitative estimate of drug-likeness (QED) is 0.903. The molecule has 0 atom stereocenters. The average Bonchev–Trinajstić information content (AvgIpc) is 2.70. The Bertz CT molecular complexity index is 510. The highest BCUT2D eigenvalue weighted by molar-refractivity contribution is 7.09. The molecule has 0 aromatic carbocycles. The average molecular weight is 249 g/mol. The fraction of sp³-hybridized carbons (Fsp3) is 0.333. The van der Waals surface area contributed by atoms with E-state index in [2.05, 4.69) is 9.97 Å². The van der Waals surface area contributed by atoms with Gasteiger partial charge in [-0.05, 0) is 26.0 Å². The number of nitrogen functional groups attached to an aromatic ring is 1. The molecule has 0 aliphatic carbocycles. The summed E-state index contributed by atoms with van der Waals surface area (Å²) in [4.78, 5) is 9.70. The van der Waals surface area contributed by atoms with E-state index in [-0.39, 0.29) is 0 Å². The Balaban J connectivity index is 1.94. The lowest BCUT2D eigenvalue weighted by molar-refractivity contribution is 0.311. The van der Waals surface area contributed by atoms with Crippen molar-refractivity contribution in [3.05, 3.63) is 33.9 Å². The number of aryl methyl sites for hydroxylation is 2. The first-order chi connectivity index (χ1) is 8.16. The minimum Gasteiger partial charge on any atom is -0.476 e. The van der Waals surface area contributed by atoms with Crippen LogP contribution in [0, 0.1) is 13.8 Å². The summed E-state index contributed by atoms with van der Waals surface area (Å²) in [6.07, 6.45) is 0.839. The van der Waals surface area contributed by atoms with Crippen LogP contribution in [0.5, 0.6) is 5.88 Å². The van der Waals surface area contributed by atoms with Crippen LogP contribution in [0.15, 0.2) is 17.6 Å². The molecular weight excluding hydrogens is 234 g/mol. The Hall–Kier alpha value is -1.62. The van der Waals surface area contributed by atoms with Gasteiger partial charge in [0.15, 0.2) is 0 Å². The van der Waals surface area contributed by atoms with E-state index in [1.165, 1.54) is 4.88 Å². The molecule has 0 spiro atoms. The number of nitrogens with two attached hydrogens (primary N) is 1. The number of anilines is 1. The number of thiazole rings is 1. The van der Waals surface area contributed by atoms with E-state index in [4.69, 9.17) is 10.5 Å². The van der Waals surface area contributed by atoms with Crippen LogP contribution in [0.4, 0.5) is 5.69 Å². The van der Waals surface area contributed by atoms with Crippen molar-refractivity contribution in [1.29, 1.82) is 0 Å². The van der Waals surface area contributed by atoms with E-state index in [1.807, 2.05) is 31.5 Å². The lowest BCUT2D eigenvalue weighted by atomic mass is 10.3. The third kappa shape index (κ3) is 2.94. The summed E-state index contributed by atoms with van der Waals surface area (Å²) < 4.78 is 5.59. The molecule has 2 rings (SSSR count). The zero-order valence-electron chi connectivity index (χ0n) is 9.93. The summed E-state index contributed by atoms with van der Waals surface area (Å²) in [5, 5.41) is 0. The van der Waals surface area contributed by atoms with Gasteiger partial charge in [-0.3, -0.25) is 0 Å². The van der Waals surface area contributed by atoms with Gasteiger partial charge >= 0.3 is 0 Å². The zero-order chi connectivity index (χ0) is 12.3. The Labute approximate surface area is 104 Å². The molecular formula is C12H15N3OS. The monoisotopic (exact) mass is 249 g/mol. The molecule has 4 nitrogen and oxygen atoms in total. The molecule has 2 heterocycles. The van der Waals surface area contributed by atoms with E-state index in [9.17, 15) is 0 Å². The van der Waals surface area contributed by atoms with E-state index in [1.54, 1.807) is 11.3 Å². The van der Waals surface area contributed by atoms with Gasteiger partial charge in [0.25, 0.3) is 0 Å². The Morgan fingerprint density at radius 2 is 2.18 bits per heavy atom. The van der Waals surface area contributed by atoms with Crippen molar-refractivity contribution < 1.29 is 4.74 Å². The van der Waals surface area contributed by atoms with Gasteiger partial charge < -0.3 is 10.5 Å². The Kier molecular flexibility index (Phi) is 3.58. The maximum Gasteiger partial charge on any atom is 0.237 e. The predicted molar refractivity (Wildman–Crippen MR) is 69.4 cm³/mol. The summed E-state index contributed by atoms with van der Waals surface area (Å²) in [5.74, 6) is 0.521. The third-order valence-electron chi connectivity index (χ3n) is 2.44. The lowest BCUT2D eigenvalue weighted by Crippen LogP contribution is -2.05. The van der Waals surface area contributed by atoms with E-state index < -0.39 is 0 Å². The second kappa shape index (κ2) is 5.14. The minimum atomic E-state index is 0.521. The number of pyridine rings is 1. The molecule has 0 radical (unpaired) electrons. The van der Waals surface area contributed by atoms with Crippen LogP contribution in [0.2, 0.25) is 0 Å². The third-order valence-corrected chi connectivity index (χ3v) is 3.44. The van der Waals surface area contributed by atoms with Gasteiger partial charge in [0.2, 0.25) is 5.88 Å². The fourth-order valence-electron chi connectivity index (χ4n) is 1.47. The number of rotatable bonds is 4. The molecule has 2 aromatic heterocycles. The molecule has 0 saturated carbocycles. The normalized spacial score (nSPS) is 10.5. The van der Waals surface area contributed by atoms with E-state index >= 15 is 0 Å². The summed E-state index contributed by atoms with van der Waals surface area (Å²) in [6, 6.07) is 3.69. The van der Waals surface area contributed by atoms with Crippen molar-refractivity contribution in [2.75, 3.05) is 12.3 Å². The summed E-state index contributed by atoms with van der Waals surface area (Å²) in [7, 11) is 0. The van der Waals surface area contributed by atoms with Crippen molar-refractivity contribution in [2.24, 2.45) is 0 Å². The predicted octanol–water partition coefficient (Wildman–Crippen LogP) is 2.36. The van der Waals surface area contributed by atoms with Crippen LogP contribution in [0.3, 0.4) is 0 Å². The SMILES string of the molecule is Cc1ccc(N)c(OCCc2scnc2C)n1. The van der Waals surface area contributed by atoms with Crippen molar-refractivity contribution >= 4 is 17.0 Å². The molecule has 0 fully saturated rings. The van der Waals surface area contributed by atoms with Gasteiger partial charge in [-0.2, -0.15) is 0 Å².